The summed E-state index contributed by atoms with van der Waals surface area (Å²) >= 11 is 5.40. The Hall–Kier alpha value is -0.810. The zero-order valence-electron chi connectivity index (χ0n) is 10.6. The van der Waals surface area contributed by atoms with E-state index < -0.39 is 0 Å². The van der Waals surface area contributed by atoms with Gasteiger partial charge in [-0.1, -0.05) is 13.0 Å². The predicted molar refractivity (Wildman–Crippen MR) is 78.8 cm³/mol. The van der Waals surface area contributed by atoms with Gasteiger partial charge in [-0.3, -0.25) is 4.68 Å². The molecular weight excluding hydrogens is 310 g/mol. The zero-order chi connectivity index (χ0) is 13.0. The highest BCUT2D eigenvalue weighted by molar-refractivity contribution is 9.10. The van der Waals surface area contributed by atoms with E-state index in [9.17, 15) is 0 Å². The highest BCUT2D eigenvalue weighted by Crippen LogP contribution is 2.28. The van der Waals surface area contributed by atoms with Gasteiger partial charge in [0.05, 0.1) is 20.9 Å². The van der Waals surface area contributed by atoms with E-state index >= 15 is 0 Å². The molecule has 0 aliphatic heterocycles. The van der Waals surface area contributed by atoms with Gasteiger partial charge in [0.1, 0.15) is 0 Å². The van der Waals surface area contributed by atoms with Crippen LogP contribution < -0.4 is 0 Å². The first-order valence-corrected chi connectivity index (χ1v) is 7.82. The van der Waals surface area contributed by atoms with Crippen LogP contribution in [0.15, 0.2) is 33.9 Å². The predicted octanol–water partition coefficient (Wildman–Crippen LogP) is 3.92. The summed E-state index contributed by atoms with van der Waals surface area (Å²) in [6.45, 7) is 5.15. The van der Waals surface area contributed by atoms with Gasteiger partial charge in [0.2, 0.25) is 0 Å². The number of aromatic nitrogens is 3. The quantitative estimate of drug-likeness (QED) is 0.781. The monoisotopic (exact) mass is 325 g/mol. The number of nitrogens with zero attached hydrogens (tertiary/aromatic N) is 3. The molecule has 0 aliphatic carbocycles. The lowest BCUT2D eigenvalue weighted by Crippen LogP contribution is -2.02. The van der Waals surface area contributed by atoms with Gasteiger partial charge in [-0.05, 0) is 41.4 Å². The number of thioether (sulfide) groups is 1. The van der Waals surface area contributed by atoms with Gasteiger partial charge in [0, 0.05) is 18.5 Å². The second kappa shape index (κ2) is 6.38. The van der Waals surface area contributed by atoms with Crippen molar-refractivity contribution in [3.8, 4) is 0 Å². The maximum Gasteiger partial charge on any atom is 0.0963 e. The number of pyridine rings is 1. The minimum absolute atomic E-state index is 0.887. The second-order valence-corrected chi connectivity index (χ2v) is 5.62. The molecule has 96 valence electrons. The molecule has 0 bridgehead atoms. The molecule has 0 spiro atoms. The summed E-state index contributed by atoms with van der Waals surface area (Å²) in [5, 5.41) is 5.64. The summed E-state index contributed by atoms with van der Waals surface area (Å²) in [5.74, 6) is 0.887. The summed E-state index contributed by atoms with van der Waals surface area (Å²) in [4.78, 5) is 4.32. The van der Waals surface area contributed by atoms with Crippen LogP contribution in [0.5, 0.6) is 0 Å². The second-order valence-electron chi connectivity index (χ2n) is 3.83. The molecule has 0 amide bonds. The van der Waals surface area contributed by atoms with Crippen molar-refractivity contribution in [2.24, 2.45) is 0 Å². The molecule has 0 N–H and O–H groups in total. The SMILES string of the molecule is CCc1nn(CC)c(CSc2ccccn2)c1Br. The third-order valence-electron chi connectivity index (χ3n) is 2.69. The Bertz CT molecular complexity index is 510. The summed E-state index contributed by atoms with van der Waals surface area (Å²) < 4.78 is 3.22. The van der Waals surface area contributed by atoms with Crippen LogP contribution in [-0.2, 0) is 18.7 Å². The van der Waals surface area contributed by atoms with Crippen molar-refractivity contribution in [3.05, 3.63) is 40.3 Å². The highest BCUT2D eigenvalue weighted by Gasteiger charge is 2.13. The summed E-state index contributed by atoms with van der Waals surface area (Å²) in [5.41, 5.74) is 2.37. The number of halogens is 1. The molecule has 2 aromatic heterocycles. The first-order valence-electron chi connectivity index (χ1n) is 6.04. The van der Waals surface area contributed by atoms with Crippen molar-refractivity contribution < 1.29 is 0 Å². The largest absolute Gasteiger partial charge is 0.268 e. The van der Waals surface area contributed by atoms with Crippen molar-refractivity contribution in [3.63, 3.8) is 0 Å². The van der Waals surface area contributed by atoms with E-state index in [-0.39, 0.29) is 0 Å². The molecule has 3 nitrogen and oxygen atoms in total. The molecular formula is C13H16BrN3S. The average Bonchev–Trinajstić information content (AvgIpc) is 2.73. The fraction of sp³-hybridized carbons (Fsp3) is 0.385. The molecule has 0 radical (unpaired) electrons. The molecule has 0 saturated carbocycles. The molecule has 18 heavy (non-hydrogen) atoms. The number of rotatable bonds is 5. The normalized spacial score (nSPS) is 10.8. The maximum atomic E-state index is 4.60. The van der Waals surface area contributed by atoms with Gasteiger partial charge >= 0.3 is 0 Å². The lowest BCUT2D eigenvalue weighted by atomic mass is 10.3. The Kier molecular flexibility index (Phi) is 4.83. The van der Waals surface area contributed by atoms with Gasteiger partial charge in [-0.15, -0.1) is 11.8 Å². The van der Waals surface area contributed by atoms with Crippen molar-refractivity contribution >= 4 is 27.7 Å². The average molecular weight is 326 g/mol. The lowest BCUT2D eigenvalue weighted by molar-refractivity contribution is 0.627. The van der Waals surface area contributed by atoms with E-state index in [0.717, 1.165) is 33.9 Å². The molecule has 2 rings (SSSR count). The van der Waals surface area contributed by atoms with Crippen molar-refractivity contribution in [1.82, 2.24) is 14.8 Å². The smallest absolute Gasteiger partial charge is 0.0963 e. The Labute approximate surface area is 120 Å². The molecule has 0 fully saturated rings. The van der Waals surface area contributed by atoms with Crippen LogP contribution >= 0.6 is 27.7 Å². The molecule has 0 aliphatic rings. The molecule has 2 aromatic rings. The van der Waals surface area contributed by atoms with Crippen LogP contribution in [0.3, 0.4) is 0 Å². The van der Waals surface area contributed by atoms with E-state index in [4.69, 9.17) is 0 Å². The Balaban J connectivity index is 2.16. The number of hydrogen-bond acceptors (Lipinski definition) is 3. The Morgan fingerprint density at radius 2 is 2.17 bits per heavy atom. The summed E-state index contributed by atoms with van der Waals surface area (Å²) in [6.07, 6.45) is 2.78. The van der Waals surface area contributed by atoms with E-state index in [2.05, 4.69) is 44.5 Å². The van der Waals surface area contributed by atoms with Crippen molar-refractivity contribution in [1.29, 1.82) is 0 Å². The lowest BCUT2D eigenvalue weighted by Gasteiger charge is -2.04. The van der Waals surface area contributed by atoms with Crippen LogP contribution in [0.1, 0.15) is 25.2 Å². The van der Waals surface area contributed by atoms with Crippen LogP contribution in [0.25, 0.3) is 0 Å². The molecule has 5 heteroatoms. The molecule has 0 unspecified atom stereocenters. The van der Waals surface area contributed by atoms with Crippen molar-refractivity contribution in [2.45, 2.75) is 37.6 Å². The van der Waals surface area contributed by atoms with Crippen LogP contribution in [-0.4, -0.2) is 14.8 Å². The first kappa shape index (κ1) is 13.6. The minimum Gasteiger partial charge on any atom is -0.268 e. The molecule has 0 atom stereocenters. The van der Waals surface area contributed by atoms with Gasteiger partial charge in [0.15, 0.2) is 0 Å². The van der Waals surface area contributed by atoms with E-state index in [0.29, 0.717) is 0 Å². The van der Waals surface area contributed by atoms with Gasteiger partial charge < -0.3 is 0 Å². The molecule has 2 heterocycles. The van der Waals surface area contributed by atoms with Crippen LogP contribution in [0, 0.1) is 0 Å². The molecule has 0 aromatic carbocycles. The van der Waals surface area contributed by atoms with E-state index in [1.54, 1.807) is 11.8 Å². The fourth-order valence-corrected chi connectivity index (χ4v) is 3.51. The fourth-order valence-electron chi connectivity index (χ4n) is 1.73. The third kappa shape index (κ3) is 2.95. The van der Waals surface area contributed by atoms with Gasteiger partial charge in [-0.2, -0.15) is 5.10 Å². The number of aryl methyl sites for hydroxylation is 2. The molecule has 0 saturated heterocycles. The minimum atomic E-state index is 0.887. The van der Waals surface area contributed by atoms with Gasteiger partial charge in [0.25, 0.3) is 0 Å². The van der Waals surface area contributed by atoms with Crippen molar-refractivity contribution in [2.75, 3.05) is 0 Å². The summed E-state index contributed by atoms with van der Waals surface area (Å²) in [7, 11) is 0. The topological polar surface area (TPSA) is 30.7 Å². The Morgan fingerprint density at radius 1 is 1.33 bits per heavy atom. The zero-order valence-corrected chi connectivity index (χ0v) is 13.0. The Morgan fingerprint density at radius 3 is 2.78 bits per heavy atom. The van der Waals surface area contributed by atoms with Crippen LogP contribution in [0.2, 0.25) is 0 Å². The number of hydrogen-bond donors (Lipinski definition) is 0. The standard InChI is InChI=1S/C13H16BrN3S/c1-3-10-13(14)11(17(4-2)16-10)9-18-12-7-5-6-8-15-12/h5-8H,3-4,9H2,1-2H3. The van der Waals surface area contributed by atoms with Gasteiger partial charge in [-0.25, -0.2) is 4.98 Å². The van der Waals surface area contributed by atoms with Crippen LogP contribution in [0.4, 0.5) is 0 Å². The summed E-state index contributed by atoms with van der Waals surface area (Å²) in [6, 6.07) is 5.98. The maximum absolute atomic E-state index is 4.60. The van der Waals surface area contributed by atoms with E-state index in [1.807, 2.05) is 24.4 Å². The highest BCUT2D eigenvalue weighted by atomic mass is 79.9. The van der Waals surface area contributed by atoms with E-state index in [1.165, 1.54) is 5.69 Å². The third-order valence-corrected chi connectivity index (χ3v) is 4.56. The first-order chi connectivity index (χ1) is 8.76.